The van der Waals surface area contributed by atoms with E-state index in [4.69, 9.17) is 0 Å². The first-order valence-electron chi connectivity index (χ1n) is 9.26. The molecule has 5 atom stereocenters. The van der Waals surface area contributed by atoms with Crippen LogP contribution in [-0.2, 0) is 4.79 Å². The van der Waals surface area contributed by atoms with Crippen molar-refractivity contribution >= 4 is 5.78 Å². The Labute approximate surface area is 136 Å². The summed E-state index contributed by atoms with van der Waals surface area (Å²) in [6, 6.07) is 0. The van der Waals surface area contributed by atoms with Gasteiger partial charge in [-0.15, -0.1) is 0 Å². The van der Waals surface area contributed by atoms with Crippen LogP contribution in [0.3, 0.4) is 0 Å². The van der Waals surface area contributed by atoms with Gasteiger partial charge in [0, 0.05) is 6.42 Å². The first kappa shape index (κ1) is 16.0. The average Bonchev–Trinajstić information content (AvgIpc) is 2.47. The summed E-state index contributed by atoms with van der Waals surface area (Å²) in [7, 11) is 0. The van der Waals surface area contributed by atoms with Gasteiger partial charge in [0.05, 0.1) is 0 Å². The molecule has 1 heteroatoms. The van der Waals surface area contributed by atoms with Crippen molar-refractivity contribution in [3.8, 4) is 0 Å². The van der Waals surface area contributed by atoms with Crippen LogP contribution in [0, 0.1) is 34.5 Å². The van der Waals surface area contributed by atoms with Crippen LogP contribution in [0.1, 0.15) is 66.7 Å². The molecule has 122 valence electrons. The lowest BCUT2D eigenvalue weighted by atomic mass is 9.47. The number of hydrogen-bond donors (Lipinski definition) is 0. The van der Waals surface area contributed by atoms with Gasteiger partial charge in [0.15, 0.2) is 5.78 Å². The molecule has 0 radical (unpaired) electrons. The van der Waals surface area contributed by atoms with E-state index in [-0.39, 0.29) is 5.41 Å². The molecule has 1 saturated carbocycles. The van der Waals surface area contributed by atoms with Crippen molar-refractivity contribution < 1.29 is 4.79 Å². The zero-order valence-corrected chi connectivity index (χ0v) is 15.0. The van der Waals surface area contributed by atoms with Crippen molar-refractivity contribution in [3.63, 3.8) is 0 Å². The molecule has 0 aliphatic heterocycles. The van der Waals surface area contributed by atoms with Gasteiger partial charge >= 0.3 is 0 Å². The minimum atomic E-state index is 0.235. The summed E-state index contributed by atoms with van der Waals surface area (Å²) in [5.41, 5.74) is 2.01. The highest BCUT2D eigenvalue weighted by Gasteiger charge is 2.53. The van der Waals surface area contributed by atoms with E-state index in [1.807, 2.05) is 6.08 Å². The molecule has 3 unspecified atom stereocenters. The van der Waals surface area contributed by atoms with Gasteiger partial charge in [-0.1, -0.05) is 53.2 Å². The third-order valence-corrected chi connectivity index (χ3v) is 7.71. The van der Waals surface area contributed by atoms with Crippen LogP contribution < -0.4 is 0 Å². The van der Waals surface area contributed by atoms with E-state index in [9.17, 15) is 4.79 Å². The molecule has 0 spiro atoms. The molecular weight excluding hydrogens is 268 g/mol. The van der Waals surface area contributed by atoms with E-state index in [1.54, 1.807) is 0 Å². The van der Waals surface area contributed by atoms with Crippen LogP contribution in [0.15, 0.2) is 23.8 Å². The number of fused-ring (bicyclic) bond motifs is 3. The average molecular weight is 300 g/mol. The Balaban J connectivity index is 2.01. The molecule has 3 aliphatic carbocycles. The van der Waals surface area contributed by atoms with Gasteiger partial charge in [0.25, 0.3) is 0 Å². The molecule has 0 heterocycles. The lowest BCUT2D eigenvalue weighted by Crippen LogP contribution is -2.50. The predicted octanol–water partition coefficient (Wildman–Crippen LogP) is 5.57. The van der Waals surface area contributed by atoms with E-state index < -0.39 is 0 Å². The van der Waals surface area contributed by atoms with Crippen molar-refractivity contribution in [1.82, 2.24) is 0 Å². The quantitative estimate of drug-likeness (QED) is 0.652. The second-order valence-electron chi connectivity index (χ2n) is 8.74. The van der Waals surface area contributed by atoms with E-state index in [2.05, 4.69) is 46.8 Å². The number of carbonyl (C=O) groups excluding carboxylic acids is 1. The van der Waals surface area contributed by atoms with Crippen molar-refractivity contribution in [2.45, 2.75) is 66.7 Å². The molecule has 0 N–H and O–H groups in total. The van der Waals surface area contributed by atoms with Crippen LogP contribution in [0.4, 0.5) is 0 Å². The second kappa shape index (κ2) is 5.35. The second-order valence-corrected chi connectivity index (χ2v) is 8.74. The zero-order valence-electron chi connectivity index (χ0n) is 15.0. The summed E-state index contributed by atoms with van der Waals surface area (Å²) in [6.07, 6.45) is 12.4. The molecule has 0 aromatic rings. The van der Waals surface area contributed by atoms with Gasteiger partial charge < -0.3 is 0 Å². The van der Waals surface area contributed by atoms with Crippen molar-refractivity contribution in [2.75, 3.05) is 0 Å². The fourth-order valence-electron chi connectivity index (χ4n) is 5.82. The minimum Gasteiger partial charge on any atom is -0.295 e. The molecule has 0 saturated heterocycles. The van der Waals surface area contributed by atoms with Gasteiger partial charge in [-0.2, -0.15) is 0 Å². The van der Waals surface area contributed by atoms with Gasteiger partial charge in [0.1, 0.15) is 0 Å². The molecule has 0 amide bonds. The molecule has 3 aliphatic rings. The lowest BCUT2D eigenvalue weighted by Gasteiger charge is -2.58. The Bertz CT molecular complexity index is 526. The minimum absolute atomic E-state index is 0.235. The van der Waals surface area contributed by atoms with E-state index >= 15 is 0 Å². The highest BCUT2D eigenvalue weighted by molar-refractivity contribution is 5.92. The third-order valence-electron chi connectivity index (χ3n) is 7.71. The summed E-state index contributed by atoms with van der Waals surface area (Å²) in [4.78, 5) is 11.8. The van der Waals surface area contributed by atoms with Crippen molar-refractivity contribution in [3.05, 3.63) is 23.8 Å². The van der Waals surface area contributed by atoms with Crippen LogP contribution in [0.5, 0.6) is 0 Å². The Morgan fingerprint density at radius 3 is 2.64 bits per heavy atom. The number of rotatable bonds is 2. The van der Waals surface area contributed by atoms with Crippen LogP contribution in [-0.4, -0.2) is 5.78 Å². The van der Waals surface area contributed by atoms with E-state index in [0.29, 0.717) is 17.1 Å². The summed E-state index contributed by atoms with van der Waals surface area (Å²) < 4.78 is 0. The van der Waals surface area contributed by atoms with Gasteiger partial charge in [-0.3, -0.25) is 4.79 Å². The number of ketones is 1. The standard InChI is InChI=1S/C21H32O/c1-6-18-17-8-7-15-13-16(22)9-11-21(15,5)19(17)10-12-20(18,4)14(2)3/h7-8,13-14,17-19H,6,9-12H2,1-5H3/t17?,18?,19?,20-,21+/m1/s1. The summed E-state index contributed by atoms with van der Waals surface area (Å²) in [5.74, 6) is 3.27. The van der Waals surface area contributed by atoms with E-state index in [0.717, 1.165) is 30.6 Å². The van der Waals surface area contributed by atoms with Gasteiger partial charge in [-0.25, -0.2) is 0 Å². The van der Waals surface area contributed by atoms with Crippen LogP contribution in [0.2, 0.25) is 0 Å². The summed E-state index contributed by atoms with van der Waals surface area (Å²) in [5, 5.41) is 0. The van der Waals surface area contributed by atoms with E-state index in [1.165, 1.54) is 24.8 Å². The SMILES string of the molecule is CCC1C2C=CC3=CC(=O)CC[C@]3(C)C2CC[C@]1(C)C(C)C. The molecule has 1 nitrogen and oxygen atoms in total. The van der Waals surface area contributed by atoms with Crippen molar-refractivity contribution in [1.29, 1.82) is 0 Å². The topological polar surface area (TPSA) is 17.1 Å². The van der Waals surface area contributed by atoms with Gasteiger partial charge in [0.2, 0.25) is 0 Å². The molecule has 1 fully saturated rings. The molecule has 0 aromatic heterocycles. The maximum Gasteiger partial charge on any atom is 0.156 e. The maximum absolute atomic E-state index is 11.8. The molecule has 0 aromatic carbocycles. The number of hydrogen-bond acceptors (Lipinski definition) is 1. The molecular formula is C21H32O. The van der Waals surface area contributed by atoms with Crippen LogP contribution >= 0.6 is 0 Å². The first-order chi connectivity index (χ1) is 10.3. The number of carbonyl (C=O) groups is 1. The zero-order chi connectivity index (χ0) is 16.1. The smallest absolute Gasteiger partial charge is 0.156 e. The highest BCUT2D eigenvalue weighted by atomic mass is 16.1. The fraction of sp³-hybridized carbons (Fsp3) is 0.762. The van der Waals surface area contributed by atoms with Gasteiger partial charge in [-0.05, 0) is 65.4 Å². The highest BCUT2D eigenvalue weighted by Crippen LogP contribution is 2.61. The third kappa shape index (κ3) is 2.15. The predicted molar refractivity (Wildman–Crippen MR) is 92.5 cm³/mol. The fourth-order valence-corrected chi connectivity index (χ4v) is 5.82. The first-order valence-corrected chi connectivity index (χ1v) is 9.26. The Hall–Kier alpha value is -0.850. The summed E-state index contributed by atoms with van der Waals surface area (Å²) >= 11 is 0. The Kier molecular flexibility index (Phi) is 3.90. The maximum atomic E-state index is 11.8. The lowest BCUT2D eigenvalue weighted by molar-refractivity contribution is -0.116. The molecule has 0 bridgehead atoms. The monoisotopic (exact) mass is 300 g/mol. The summed E-state index contributed by atoms with van der Waals surface area (Å²) in [6.45, 7) is 12.1. The largest absolute Gasteiger partial charge is 0.295 e. The number of allylic oxidation sites excluding steroid dienone is 4. The van der Waals surface area contributed by atoms with Crippen molar-refractivity contribution in [2.24, 2.45) is 34.5 Å². The molecule has 3 rings (SSSR count). The normalized spacial score (nSPS) is 44.5. The Morgan fingerprint density at radius 2 is 2.00 bits per heavy atom. The molecule has 22 heavy (non-hydrogen) atoms. The Morgan fingerprint density at radius 1 is 1.27 bits per heavy atom. The van der Waals surface area contributed by atoms with Crippen LogP contribution in [0.25, 0.3) is 0 Å².